The van der Waals surface area contributed by atoms with Gasteiger partial charge >= 0.3 is 5.97 Å². The third kappa shape index (κ3) is 19.4. The highest BCUT2D eigenvalue weighted by Gasteiger charge is 2.52. The van der Waals surface area contributed by atoms with Crippen molar-refractivity contribution in [2.45, 2.75) is 333 Å². The van der Waals surface area contributed by atoms with Crippen molar-refractivity contribution in [3.05, 3.63) is 11.6 Å². The highest BCUT2D eigenvalue weighted by Crippen LogP contribution is 2.46. The number of cyclic esters (lactones) is 1. The molecule has 0 saturated carbocycles. The summed E-state index contributed by atoms with van der Waals surface area (Å²) in [6, 6.07) is 0. The van der Waals surface area contributed by atoms with Gasteiger partial charge in [-0.05, 0) is 106 Å². The Morgan fingerprint density at radius 1 is 0.585 bits per heavy atom. The summed E-state index contributed by atoms with van der Waals surface area (Å²) >= 11 is 0. The monoisotopic (exact) mass is 965 g/mol. The van der Waals surface area contributed by atoms with Gasteiger partial charge in [0.15, 0.2) is 25.0 Å². The fourth-order valence-electron chi connectivity index (χ4n) is 9.27. The van der Waals surface area contributed by atoms with E-state index in [1.54, 1.807) is 0 Å². The van der Waals surface area contributed by atoms with Gasteiger partial charge in [0.25, 0.3) is 0 Å². The van der Waals surface area contributed by atoms with E-state index in [1.165, 1.54) is 96.3 Å². The summed E-state index contributed by atoms with van der Waals surface area (Å²) in [5, 5.41) is 0.314. The Morgan fingerprint density at radius 2 is 1.02 bits per heavy atom. The van der Waals surface area contributed by atoms with E-state index >= 15 is 0 Å². The lowest BCUT2D eigenvalue weighted by Crippen LogP contribution is -2.49. The van der Waals surface area contributed by atoms with Crippen LogP contribution in [-0.2, 0) is 32.3 Å². The highest BCUT2D eigenvalue weighted by molar-refractivity contribution is 6.75. The van der Waals surface area contributed by atoms with Crippen LogP contribution in [0.2, 0.25) is 54.4 Å². The van der Waals surface area contributed by atoms with Crippen molar-refractivity contribution in [3.8, 4) is 0 Å². The maximum Gasteiger partial charge on any atom is 0.334 e. The van der Waals surface area contributed by atoms with Crippen LogP contribution in [-0.4, -0.2) is 79.8 Å². The van der Waals surface area contributed by atoms with Crippen molar-refractivity contribution < 1.29 is 32.3 Å². The Morgan fingerprint density at radius 3 is 1.45 bits per heavy atom. The lowest BCUT2D eigenvalue weighted by molar-refractivity contribution is -0.139. The molecule has 0 bridgehead atoms. The summed E-state index contributed by atoms with van der Waals surface area (Å²) in [7, 11) is -6.28. The van der Waals surface area contributed by atoms with E-state index in [9.17, 15) is 4.79 Å². The molecule has 0 aromatic carbocycles. The molecule has 0 N–H and O–H groups in total. The molecule has 0 amide bonds. The van der Waals surface area contributed by atoms with Gasteiger partial charge in [0.2, 0.25) is 0 Å². The molecule has 0 unspecified atom stereocenters. The van der Waals surface area contributed by atoms with Gasteiger partial charge in [-0.3, -0.25) is 0 Å². The van der Waals surface area contributed by atoms with Gasteiger partial charge in [-0.15, -0.1) is 0 Å². The molecule has 0 aliphatic carbocycles. The summed E-state index contributed by atoms with van der Waals surface area (Å²) in [6.45, 7) is 39.7. The number of unbranched alkanes of at least 4 members (excludes halogenated alkanes) is 16. The number of hydrogen-bond acceptors (Lipinski definition) is 7. The molecule has 7 nitrogen and oxygen atoms in total. The van der Waals surface area contributed by atoms with Crippen molar-refractivity contribution in [1.29, 1.82) is 0 Å². The van der Waals surface area contributed by atoms with Gasteiger partial charge in [0.1, 0.15) is 12.2 Å². The van der Waals surface area contributed by atoms with Crippen molar-refractivity contribution in [2.24, 2.45) is 0 Å². The van der Waals surface area contributed by atoms with Crippen LogP contribution >= 0.6 is 0 Å². The van der Waals surface area contributed by atoms with Crippen LogP contribution in [0.5, 0.6) is 0 Å². The molecule has 2 fully saturated rings. The second-order valence-corrected chi connectivity index (χ2v) is 39.8. The molecule has 3 heterocycles. The van der Waals surface area contributed by atoms with E-state index < -0.39 is 25.0 Å². The van der Waals surface area contributed by atoms with E-state index in [2.05, 4.69) is 109 Å². The first-order valence-corrected chi connectivity index (χ1v) is 36.2. The summed E-state index contributed by atoms with van der Waals surface area (Å²) < 4.78 is 42.0. The zero-order valence-electron chi connectivity index (χ0n) is 46.0. The zero-order valence-corrected chi connectivity index (χ0v) is 49.0. The van der Waals surface area contributed by atoms with Crippen molar-refractivity contribution in [2.75, 3.05) is 0 Å². The van der Waals surface area contributed by atoms with Crippen LogP contribution < -0.4 is 0 Å². The Balaban J connectivity index is 1.70. The van der Waals surface area contributed by atoms with Crippen molar-refractivity contribution >= 4 is 30.9 Å². The second kappa shape index (κ2) is 26.8. The molecule has 10 heteroatoms. The molecule has 3 aliphatic heterocycles. The predicted octanol–water partition coefficient (Wildman–Crippen LogP) is 16.9. The largest absolute Gasteiger partial charge is 0.455 e. The first-order valence-electron chi connectivity index (χ1n) is 27.4. The predicted molar refractivity (Wildman–Crippen MR) is 284 cm³/mol. The number of carbonyl (C=O) groups excluding carboxylic acids is 1. The number of esters is 1. The van der Waals surface area contributed by atoms with Crippen molar-refractivity contribution in [3.63, 3.8) is 0 Å². The Kier molecular flexibility index (Phi) is 24.3. The average molecular weight is 966 g/mol. The fraction of sp³-hybridized carbons (Fsp3) is 0.945. The number of ether oxygens (including phenoxy) is 3. The molecule has 0 aromatic heterocycles. The second-order valence-electron chi connectivity index (χ2n) is 25.6. The average Bonchev–Trinajstić information content (AvgIpc) is 3.92. The van der Waals surface area contributed by atoms with E-state index in [1.807, 2.05) is 13.0 Å². The third-order valence-corrected chi connectivity index (χ3v) is 30.2. The normalized spacial score (nSPS) is 24.8. The van der Waals surface area contributed by atoms with E-state index in [0.717, 1.165) is 63.4 Å². The molecule has 8 atom stereocenters. The van der Waals surface area contributed by atoms with Crippen LogP contribution in [0.25, 0.3) is 0 Å². The van der Waals surface area contributed by atoms with E-state index in [-0.39, 0.29) is 69.9 Å². The van der Waals surface area contributed by atoms with E-state index in [0.29, 0.717) is 0 Å². The minimum atomic E-state index is -2.12. The molecule has 382 valence electrons. The number of hydrogen-bond donors (Lipinski definition) is 0. The van der Waals surface area contributed by atoms with Gasteiger partial charge in [-0.2, -0.15) is 0 Å². The van der Waals surface area contributed by atoms with Crippen LogP contribution in [0.3, 0.4) is 0 Å². The SMILES string of the molecule is CCCCCCCCCCCCCCCCC[C@H](O[Si](C)(C)C(C)(C)C)[C@@H]1C[C@@H](O[Si](C)(C)C(C)(C)C)[C@@H]([C@@H]2CC[C@@H]([C@@H](CCCCCC3=C[C@H](C)OC3=O)O[Si](C)(C)C(C)(C)C)O2)O1. The van der Waals surface area contributed by atoms with Gasteiger partial charge in [0, 0.05) is 12.0 Å². The van der Waals surface area contributed by atoms with Crippen molar-refractivity contribution in [1.82, 2.24) is 0 Å². The maximum atomic E-state index is 12.2. The Bertz CT molecular complexity index is 1390. The number of rotatable bonds is 31. The van der Waals surface area contributed by atoms with Gasteiger partial charge in [0.05, 0.1) is 36.6 Å². The topological polar surface area (TPSA) is 72.5 Å². The molecule has 3 rings (SSSR count). The van der Waals surface area contributed by atoms with Gasteiger partial charge in [-0.1, -0.05) is 178 Å². The molecule has 0 radical (unpaired) electrons. The summed E-state index contributed by atoms with van der Waals surface area (Å²) in [5.74, 6) is -0.142. The summed E-state index contributed by atoms with van der Waals surface area (Å²) in [5.41, 5.74) is 0.838. The first-order chi connectivity index (χ1) is 30.2. The minimum absolute atomic E-state index is 0.00674. The Hall–Kier alpha value is -0.339. The standard InChI is InChI=1S/C55H108O7Si3/c1-18-19-20-21-22-23-24-25-26-27-28-29-30-31-34-38-47(61-64(14,15)54(6,7)8)49-42-50(62-65(16,17)55(9,10)11)51(59-49)48-40-39-45(58-48)46(60-63(12,13)53(3,4)5)37-35-32-33-36-44-41-43(2)57-52(44)56/h41,43,45-51H,18-40,42H2,1-17H3/t43-,45-,46+,47-,48-,49-,50+,51+/m0/s1. The zero-order chi connectivity index (χ0) is 48.7. The lowest BCUT2D eigenvalue weighted by atomic mass is 9.99. The molecule has 0 spiro atoms. The molecular weight excluding hydrogens is 857 g/mol. The van der Waals surface area contributed by atoms with Crippen LogP contribution in [0.15, 0.2) is 11.6 Å². The fourth-order valence-corrected chi connectivity index (χ4v) is 13.4. The summed E-state index contributed by atoms with van der Waals surface area (Å²) in [6.07, 6.45) is 31.1. The summed E-state index contributed by atoms with van der Waals surface area (Å²) in [4.78, 5) is 12.2. The number of carbonyl (C=O) groups is 1. The quantitative estimate of drug-likeness (QED) is 0.0389. The molecule has 2 saturated heterocycles. The Labute approximate surface area is 406 Å². The minimum Gasteiger partial charge on any atom is -0.455 e. The first kappa shape index (κ1) is 59.0. The molecule has 65 heavy (non-hydrogen) atoms. The molecular formula is C55H108O7Si3. The lowest BCUT2D eigenvalue weighted by Gasteiger charge is -2.41. The van der Waals surface area contributed by atoms with Crippen LogP contribution in [0.1, 0.15) is 230 Å². The highest BCUT2D eigenvalue weighted by atomic mass is 28.4. The van der Waals surface area contributed by atoms with Crippen LogP contribution in [0.4, 0.5) is 0 Å². The third-order valence-electron chi connectivity index (χ3n) is 16.7. The smallest absolute Gasteiger partial charge is 0.334 e. The maximum absolute atomic E-state index is 12.2. The van der Waals surface area contributed by atoms with Crippen LogP contribution in [0, 0.1) is 0 Å². The molecule has 3 aliphatic rings. The van der Waals surface area contributed by atoms with E-state index in [4.69, 9.17) is 27.5 Å². The molecule has 0 aromatic rings. The van der Waals surface area contributed by atoms with Gasteiger partial charge in [-0.25, -0.2) is 4.79 Å². The van der Waals surface area contributed by atoms with Gasteiger partial charge < -0.3 is 27.5 Å².